The maximum Gasteiger partial charge on any atom is 0.335 e. The average molecular weight is 207 g/mol. The van der Waals surface area contributed by atoms with Gasteiger partial charge in [0, 0.05) is 18.0 Å². The summed E-state index contributed by atoms with van der Waals surface area (Å²) in [5, 5.41) is 12.0. The lowest BCUT2D eigenvalue weighted by Crippen LogP contribution is -2.24. The number of ether oxygens (including phenoxy) is 1. The van der Waals surface area contributed by atoms with Crippen molar-refractivity contribution in [3.05, 3.63) is 29.3 Å². The largest absolute Gasteiger partial charge is 0.493 e. The summed E-state index contributed by atoms with van der Waals surface area (Å²) < 4.78 is 5.46. The topological polar surface area (TPSA) is 58.6 Å². The van der Waals surface area contributed by atoms with Crippen molar-refractivity contribution in [2.75, 3.05) is 13.7 Å². The normalized spacial score (nSPS) is 19.1. The SMILES string of the molecule is CNC1CCOc2ccc(C(=O)O)cc21. The molecule has 0 spiro atoms. The summed E-state index contributed by atoms with van der Waals surface area (Å²) in [7, 11) is 1.87. The maximum absolute atomic E-state index is 10.8. The number of carboxylic acid groups (broad SMARTS) is 1. The van der Waals surface area contributed by atoms with Crippen LogP contribution in [0.5, 0.6) is 5.75 Å². The molecule has 1 aromatic rings. The fraction of sp³-hybridized carbons (Fsp3) is 0.364. The van der Waals surface area contributed by atoms with Crippen molar-refractivity contribution in [3.63, 3.8) is 0 Å². The highest BCUT2D eigenvalue weighted by molar-refractivity contribution is 5.88. The van der Waals surface area contributed by atoms with Crippen LogP contribution in [0.15, 0.2) is 18.2 Å². The number of aromatic carboxylic acids is 1. The lowest BCUT2D eigenvalue weighted by molar-refractivity contribution is 0.0696. The predicted molar refractivity (Wildman–Crippen MR) is 55.3 cm³/mol. The second-order valence-corrected chi connectivity index (χ2v) is 3.54. The molecule has 2 N–H and O–H groups in total. The third-order valence-electron chi connectivity index (χ3n) is 2.64. The van der Waals surface area contributed by atoms with Gasteiger partial charge in [-0.15, -0.1) is 0 Å². The monoisotopic (exact) mass is 207 g/mol. The van der Waals surface area contributed by atoms with E-state index >= 15 is 0 Å². The number of carboxylic acids is 1. The fourth-order valence-electron chi connectivity index (χ4n) is 1.83. The molecule has 0 aliphatic carbocycles. The molecule has 1 heterocycles. The van der Waals surface area contributed by atoms with E-state index in [1.807, 2.05) is 7.05 Å². The van der Waals surface area contributed by atoms with Gasteiger partial charge in [0.25, 0.3) is 0 Å². The van der Waals surface area contributed by atoms with E-state index in [-0.39, 0.29) is 6.04 Å². The van der Waals surface area contributed by atoms with Crippen LogP contribution in [0.2, 0.25) is 0 Å². The number of nitrogens with one attached hydrogen (secondary N) is 1. The summed E-state index contributed by atoms with van der Waals surface area (Å²) >= 11 is 0. The Hall–Kier alpha value is -1.55. The Labute approximate surface area is 87.9 Å². The molecule has 0 bridgehead atoms. The Bertz CT molecular complexity index is 389. The molecule has 0 amide bonds. The Morgan fingerprint density at radius 1 is 1.60 bits per heavy atom. The minimum absolute atomic E-state index is 0.188. The van der Waals surface area contributed by atoms with Crippen molar-refractivity contribution in [1.82, 2.24) is 5.32 Å². The molecule has 1 atom stereocenters. The summed E-state index contributed by atoms with van der Waals surface area (Å²) in [5.41, 5.74) is 1.24. The van der Waals surface area contributed by atoms with Gasteiger partial charge < -0.3 is 15.2 Å². The minimum Gasteiger partial charge on any atom is -0.493 e. The van der Waals surface area contributed by atoms with E-state index in [0.717, 1.165) is 17.7 Å². The van der Waals surface area contributed by atoms with Crippen LogP contribution in [0.1, 0.15) is 28.4 Å². The van der Waals surface area contributed by atoms with Gasteiger partial charge in [-0.25, -0.2) is 4.79 Å². The Balaban J connectivity index is 2.43. The van der Waals surface area contributed by atoms with E-state index in [2.05, 4.69) is 5.32 Å². The van der Waals surface area contributed by atoms with Gasteiger partial charge in [-0.3, -0.25) is 0 Å². The molecular formula is C11H13NO3. The summed E-state index contributed by atoms with van der Waals surface area (Å²) in [5.74, 6) is -0.121. The van der Waals surface area contributed by atoms with Gasteiger partial charge in [0.15, 0.2) is 0 Å². The van der Waals surface area contributed by atoms with Gasteiger partial charge in [0.05, 0.1) is 12.2 Å². The average Bonchev–Trinajstić information content (AvgIpc) is 2.27. The molecule has 1 unspecified atom stereocenters. The van der Waals surface area contributed by atoms with Gasteiger partial charge in [-0.05, 0) is 25.2 Å². The quantitative estimate of drug-likeness (QED) is 0.770. The number of fused-ring (bicyclic) bond motifs is 1. The summed E-state index contributed by atoms with van der Waals surface area (Å²) in [6.45, 7) is 0.672. The van der Waals surface area contributed by atoms with Crippen LogP contribution in [-0.4, -0.2) is 24.7 Å². The molecule has 15 heavy (non-hydrogen) atoms. The molecule has 0 fully saturated rings. The molecule has 0 saturated carbocycles. The van der Waals surface area contributed by atoms with Crippen molar-refractivity contribution in [2.24, 2.45) is 0 Å². The molecule has 1 aliphatic heterocycles. The predicted octanol–water partition coefficient (Wildman–Crippen LogP) is 1.43. The molecule has 2 rings (SSSR count). The Morgan fingerprint density at radius 3 is 3.07 bits per heavy atom. The van der Waals surface area contributed by atoms with Gasteiger partial charge in [0.2, 0.25) is 0 Å². The van der Waals surface area contributed by atoms with Gasteiger partial charge in [0.1, 0.15) is 5.75 Å². The first-order chi connectivity index (χ1) is 7.22. The second kappa shape index (κ2) is 3.90. The molecular weight excluding hydrogens is 194 g/mol. The van der Waals surface area contributed by atoms with Crippen LogP contribution in [-0.2, 0) is 0 Å². The fourth-order valence-corrected chi connectivity index (χ4v) is 1.83. The number of hydrogen-bond acceptors (Lipinski definition) is 3. The molecule has 0 radical (unpaired) electrons. The van der Waals surface area contributed by atoms with Crippen molar-refractivity contribution >= 4 is 5.97 Å². The molecule has 1 aliphatic rings. The number of benzene rings is 1. The van der Waals surface area contributed by atoms with E-state index in [1.165, 1.54) is 0 Å². The molecule has 0 aromatic heterocycles. The molecule has 1 aromatic carbocycles. The van der Waals surface area contributed by atoms with Crippen LogP contribution in [0.25, 0.3) is 0 Å². The third-order valence-corrected chi connectivity index (χ3v) is 2.64. The Morgan fingerprint density at radius 2 is 2.40 bits per heavy atom. The van der Waals surface area contributed by atoms with Crippen molar-refractivity contribution in [1.29, 1.82) is 0 Å². The molecule has 80 valence electrons. The first-order valence-electron chi connectivity index (χ1n) is 4.89. The zero-order valence-electron chi connectivity index (χ0n) is 8.49. The second-order valence-electron chi connectivity index (χ2n) is 3.54. The van der Waals surface area contributed by atoms with Crippen molar-refractivity contribution in [3.8, 4) is 5.75 Å². The smallest absolute Gasteiger partial charge is 0.335 e. The zero-order chi connectivity index (χ0) is 10.8. The van der Waals surface area contributed by atoms with E-state index in [1.54, 1.807) is 18.2 Å². The van der Waals surface area contributed by atoms with E-state index in [0.29, 0.717) is 12.2 Å². The number of hydrogen-bond donors (Lipinski definition) is 2. The van der Waals surface area contributed by atoms with Crippen molar-refractivity contribution in [2.45, 2.75) is 12.5 Å². The molecule has 0 saturated heterocycles. The standard InChI is InChI=1S/C11H13NO3/c1-12-9-4-5-15-10-3-2-7(11(13)14)6-8(9)10/h2-3,6,9,12H,4-5H2,1H3,(H,13,14). The highest BCUT2D eigenvalue weighted by Gasteiger charge is 2.21. The van der Waals surface area contributed by atoms with Crippen LogP contribution < -0.4 is 10.1 Å². The van der Waals surface area contributed by atoms with Crippen molar-refractivity contribution < 1.29 is 14.6 Å². The first kappa shape index (κ1) is 9.98. The third kappa shape index (κ3) is 1.80. The van der Waals surface area contributed by atoms with E-state index in [9.17, 15) is 4.79 Å². The highest BCUT2D eigenvalue weighted by atomic mass is 16.5. The van der Waals surface area contributed by atoms with Gasteiger partial charge in [-0.2, -0.15) is 0 Å². The van der Waals surface area contributed by atoms with Gasteiger partial charge in [-0.1, -0.05) is 0 Å². The Kier molecular flexibility index (Phi) is 2.60. The van der Waals surface area contributed by atoms with E-state index in [4.69, 9.17) is 9.84 Å². The first-order valence-corrected chi connectivity index (χ1v) is 4.89. The zero-order valence-corrected chi connectivity index (χ0v) is 8.49. The van der Waals surface area contributed by atoms with Gasteiger partial charge >= 0.3 is 5.97 Å². The maximum atomic E-state index is 10.8. The minimum atomic E-state index is -0.904. The summed E-state index contributed by atoms with van der Waals surface area (Å²) in [6.07, 6.45) is 0.868. The molecule has 4 heteroatoms. The lowest BCUT2D eigenvalue weighted by atomic mass is 9.98. The number of carbonyl (C=O) groups is 1. The van der Waals surface area contributed by atoms with E-state index < -0.39 is 5.97 Å². The lowest BCUT2D eigenvalue weighted by Gasteiger charge is -2.25. The number of rotatable bonds is 2. The van der Waals surface area contributed by atoms with Crippen LogP contribution in [0, 0.1) is 0 Å². The highest BCUT2D eigenvalue weighted by Crippen LogP contribution is 2.32. The van der Waals surface area contributed by atoms with Crippen LogP contribution in [0.4, 0.5) is 0 Å². The molecule has 4 nitrogen and oxygen atoms in total. The van der Waals surface area contributed by atoms with Crippen LogP contribution >= 0.6 is 0 Å². The van der Waals surface area contributed by atoms with Crippen LogP contribution in [0.3, 0.4) is 0 Å². The summed E-state index contributed by atoms with van der Waals surface area (Å²) in [6, 6.07) is 5.16. The summed E-state index contributed by atoms with van der Waals surface area (Å²) in [4.78, 5) is 10.8.